The summed E-state index contributed by atoms with van der Waals surface area (Å²) in [7, 11) is 6.66. The van der Waals surface area contributed by atoms with Gasteiger partial charge < -0.3 is 68.5 Å². The Hall–Kier alpha value is -3.09. The second-order valence-corrected chi connectivity index (χ2v) is 21.3. The number of hydrogen-bond donors (Lipinski definition) is 5. The standard InChI is InChI=1S/C51H84FN5O14/c1-14-40-51(9,64)45(60)32(5)56(11)26-29(2)23-49(7,63)41(22-39(31(4)47(62)70-40)69-42-24-50(8,66-13)46(61)33(6)68-42)71-48-43(59)37(21-30(3)67-48)55(10)20-19-36-27-57(54-53-36)38(25-52)44(65-12)35-17-15-34(28-58)16-18-35/h15-18,27-33,37-46,48,59-61,63-64H,14,19-26H2,1-13H3/t29-,30-,31-,32-,33+,37+,38-,39+,40-,41-,42+,43-,44-,45-,46+,48+,49-,50-,51-/m1/s1. The molecule has 0 saturated carbocycles. The van der Waals surface area contributed by atoms with Crippen LogP contribution in [0.15, 0.2) is 30.5 Å². The Morgan fingerprint density at radius 2 is 1.66 bits per heavy atom. The number of rotatable bonds is 16. The van der Waals surface area contributed by atoms with Gasteiger partial charge in [0.15, 0.2) is 12.6 Å². The third-order valence-corrected chi connectivity index (χ3v) is 15.5. The molecule has 20 heteroatoms. The van der Waals surface area contributed by atoms with Gasteiger partial charge in [0.1, 0.15) is 55.1 Å². The van der Waals surface area contributed by atoms with Crippen LogP contribution in [0.25, 0.3) is 0 Å². The summed E-state index contributed by atoms with van der Waals surface area (Å²) in [5.74, 6) is -2.01. The second kappa shape index (κ2) is 25.0. The molecule has 2 aromatic rings. The normalized spacial score (nSPS) is 39.3. The molecule has 0 amide bonds. The summed E-state index contributed by atoms with van der Waals surface area (Å²) in [6, 6.07) is 4.82. The maximum absolute atomic E-state index is 14.7. The van der Waals surface area contributed by atoms with Gasteiger partial charge in [-0.25, -0.2) is 9.07 Å². The van der Waals surface area contributed by atoms with E-state index in [2.05, 4.69) is 10.3 Å². The number of hydrogen-bond acceptors (Lipinski definition) is 18. The van der Waals surface area contributed by atoms with Crippen molar-refractivity contribution in [3.63, 3.8) is 0 Å². The molecule has 3 aliphatic rings. The molecule has 0 aliphatic carbocycles. The number of cyclic esters (lactones) is 1. The molecule has 3 aliphatic heterocycles. The van der Waals surface area contributed by atoms with Crippen molar-refractivity contribution in [3.05, 3.63) is 47.3 Å². The number of methoxy groups -OCH3 is 2. The average Bonchev–Trinajstić information content (AvgIpc) is 3.80. The predicted molar refractivity (Wildman–Crippen MR) is 259 cm³/mol. The van der Waals surface area contributed by atoms with E-state index in [1.807, 2.05) is 37.7 Å². The number of aliphatic hydroxyl groups excluding tert-OH is 3. The minimum Gasteiger partial charge on any atom is -0.459 e. The van der Waals surface area contributed by atoms with E-state index < -0.39 is 121 Å². The fourth-order valence-electron chi connectivity index (χ4n) is 10.7. The van der Waals surface area contributed by atoms with Crippen molar-refractivity contribution in [1.29, 1.82) is 0 Å². The Morgan fingerprint density at radius 3 is 2.27 bits per heavy atom. The lowest BCUT2D eigenvalue weighted by atomic mass is 9.83. The quantitative estimate of drug-likeness (QED) is 0.119. The molecule has 404 valence electrons. The largest absolute Gasteiger partial charge is 0.459 e. The van der Waals surface area contributed by atoms with Gasteiger partial charge in [-0.2, -0.15) is 0 Å². The molecule has 0 spiro atoms. The van der Waals surface area contributed by atoms with Crippen LogP contribution in [0.5, 0.6) is 0 Å². The first-order valence-corrected chi connectivity index (χ1v) is 25.2. The van der Waals surface area contributed by atoms with Gasteiger partial charge in [-0.1, -0.05) is 43.3 Å². The number of carbonyl (C=O) groups excluding carboxylic acids is 2. The first kappa shape index (κ1) is 58.8. The van der Waals surface area contributed by atoms with Crippen LogP contribution in [0.2, 0.25) is 0 Å². The SMILES string of the molecule is CC[C@H]1OC(=O)[C@H](C)[C@@H](O[C@H]2C[C@@](C)(OC)[C@@H](O)[C@H](C)O2)C[C@@H](O[C@@H]2O[C@H](C)C[C@H](N(C)CCc3cn([C@H](CF)[C@H](OC)c4ccc(C=O)cc4)nn3)[C@H]2O)[C@](C)(O)C[C@@H](C)CN(C)[C@H](C)[C@@H](O)[C@]1(C)O. The van der Waals surface area contributed by atoms with Gasteiger partial charge in [0, 0.05) is 70.4 Å². The van der Waals surface area contributed by atoms with Crippen LogP contribution in [0.4, 0.5) is 4.39 Å². The molecule has 4 heterocycles. The highest BCUT2D eigenvalue weighted by Crippen LogP contribution is 2.39. The number of benzene rings is 1. The van der Waals surface area contributed by atoms with E-state index in [0.29, 0.717) is 42.8 Å². The molecule has 1 aromatic carbocycles. The van der Waals surface area contributed by atoms with Crippen LogP contribution in [-0.4, -0.2) is 201 Å². The van der Waals surface area contributed by atoms with E-state index in [-0.39, 0.29) is 31.6 Å². The van der Waals surface area contributed by atoms with Gasteiger partial charge in [-0.3, -0.25) is 9.59 Å². The van der Waals surface area contributed by atoms with Crippen LogP contribution >= 0.6 is 0 Å². The fraction of sp³-hybridized carbons (Fsp3) is 0.804. The molecule has 0 radical (unpaired) electrons. The molecule has 0 bridgehead atoms. The van der Waals surface area contributed by atoms with Crippen molar-refractivity contribution in [2.45, 2.75) is 203 Å². The van der Waals surface area contributed by atoms with Gasteiger partial charge in [0.25, 0.3) is 0 Å². The highest BCUT2D eigenvalue weighted by molar-refractivity contribution is 5.74. The summed E-state index contributed by atoms with van der Waals surface area (Å²) in [5.41, 5.74) is -2.81. The van der Waals surface area contributed by atoms with E-state index in [1.54, 1.807) is 72.0 Å². The Morgan fingerprint density at radius 1 is 0.986 bits per heavy atom. The van der Waals surface area contributed by atoms with Crippen molar-refractivity contribution < 1.29 is 72.7 Å². The topological polar surface area (TPSA) is 237 Å². The third kappa shape index (κ3) is 14.0. The van der Waals surface area contributed by atoms with E-state index in [0.717, 1.165) is 6.29 Å². The first-order valence-electron chi connectivity index (χ1n) is 25.2. The van der Waals surface area contributed by atoms with E-state index in [1.165, 1.54) is 25.8 Å². The van der Waals surface area contributed by atoms with Crippen LogP contribution in [-0.2, 0) is 44.4 Å². The first-order chi connectivity index (χ1) is 33.3. The molecule has 19 atom stereocenters. The van der Waals surface area contributed by atoms with Crippen molar-refractivity contribution >= 4 is 12.3 Å². The molecule has 3 saturated heterocycles. The lowest BCUT2D eigenvalue weighted by molar-refractivity contribution is -0.308. The monoisotopic (exact) mass is 1010 g/mol. The third-order valence-electron chi connectivity index (χ3n) is 15.5. The molecular weight excluding hydrogens is 926 g/mol. The number of esters is 1. The lowest BCUT2D eigenvalue weighted by Crippen LogP contribution is -2.59. The van der Waals surface area contributed by atoms with Gasteiger partial charge in [0.2, 0.25) is 0 Å². The number of nitrogens with zero attached hydrogens (tertiary/aromatic N) is 5. The number of carbonyl (C=O) groups is 2. The van der Waals surface area contributed by atoms with E-state index >= 15 is 0 Å². The Kier molecular flexibility index (Phi) is 20.7. The number of ether oxygens (including phenoxy) is 7. The highest BCUT2D eigenvalue weighted by Gasteiger charge is 2.51. The zero-order chi connectivity index (χ0) is 52.7. The van der Waals surface area contributed by atoms with Gasteiger partial charge >= 0.3 is 5.97 Å². The summed E-state index contributed by atoms with van der Waals surface area (Å²) in [5, 5.41) is 67.9. The summed E-state index contributed by atoms with van der Waals surface area (Å²) >= 11 is 0. The minimum absolute atomic E-state index is 0.0864. The molecule has 71 heavy (non-hydrogen) atoms. The summed E-state index contributed by atoms with van der Waals surface area (Å²) in [4.78, 5) is 29.4. The number of aliphatic hydroxyl groups is 5. The number of aldehydes is 1. The molecule has 5 N–H and O–H groups in total. The second-order valence-electron chi connectivity index (χ2n) is 21.3. The van der Waals surface area contributed by atoms with Crippen molar-refractivity contribution in [2.75, 3.05) is 48.1 Å². The Balaban J connectivity index is 1.42. The number of aromatic nitrogens is 3. The Bertz CT molecular complexity index is 1980. The number of alkyl halides is 1. The molecule has 5 rings (SSSR count). The van der Waals surface area contributed by atoms with Crippen LogP contribution in [0.1, 0.15) is 128 Å². The van der Waals surface area contributed by atoms with Crippen molar-refractivity contribution in [3.8, 4) is 0 Å². The molecule has 19 nitrogen and oxygen atoms in total. The van der Waals surface area contributed by atoms with Crippen LogP contribution in [0.3, 0.4) is 0 Å². The van der Waals surface area contributed by atoms with Crippen molar-refractivity contribution in [2.24, 2.45) is 11.8 Å². The average molecular weight is 1010 g/mol. The summed E-state index contributed by atoms with van der Waals surface area (Å²) in [6.07, 6.45) is -7.39. The Labute approximate surface area is 419 Å². The predicted octanol–water partition coefficient (Wildman–Crippen LogP) is 3.57. The van der Waals surface area contributed by atoms with E-state index in [9.17, 15) is 39.5 Å². The van der Waals surface area contributed by atoms with E-state index in [4.69, 9.17) is 33.2 Å². The van der Waals surface area contributed by atoms with Gasteiger partial charge in [-0.05, 0) is 93.3 Å². The molecule has 0 unspecified atom stereocenters. The smallest absolute Gasteiger partial charge is 0.311 e. The van der Waals surface area contributed by atoms with Gasteiger partial charge in [0.05, 0.1) is 47.2 Å². The van der Waals surface area contributed by atoms with Crippen LogP contribution < -0.4 is 0 Å². The molecule has 1 aromatic heterocycles. The summed E-state index contributed by atoms with van der Waals surface area (Å²) < 4.78 is 59.6. The van der Waals surface area contributed by atoms with Gasteiger partial charge in [-0.15, -0.1) is 5.10 Å². The molecule has 3 fully saturated rings. The minimum atomic E-state index is -1.85. The maximum atomic E-state index is 14.7. The zero-order valence-corrected chi connectivity index (χ0v) is 44.1. The lowest BCUT2D eigenvalue weighted by Gasteiger charge is -2.47. The summed E-state index contributed by atoms with van der Waals surface area (Å²) in [6.45, 7) is 15.5. The maximum Gasteiger partial charge on any atom is 0.311 e. The number of likely N-dealkylation sites (N-methyl/N-ethyl adjacent to an activating group) is 2. The molecular formula is C51H84FN5O14. The van der Waals surface area contributed by atoms with Crippen LogP contribution in [0, 0.1) is 11.8 Å². The highest BCUT2D eigenvalue weighted by atomic mass is 19.1. The van der Waals surface area contributed by atoms with Crippen molar-refractivity contribution in [1.82, 2.24) is 24.8 Å². The fourth-order valence-corrected chi connectivity index (χ4v) is 10.7. The number of halogens is 1. The zero-order valence-electron chi connectivity index (χ0n) is 44.1.